The summed E-state index contributed by atoms with van der Waals surface area (Å²) >= 11 is 0. The first-order valence-corrected chi connectivity index (χ1v) is 11.7. The predicted octanol–water partition coefficient (Wildman–Crippen LogP) is 5.09. The summed E-state index contributed by atoms with van der Waals surface area (Å²) < 4.78 is 5.86. The molecule has 6 rings (SSSR count). The number of benzene rings is 2. The van der Waals surface area contributed by atoms with Crippen molar-refractivity contribution in [3.05, 3.63) is 90.9 Å². The van der Waals surface area contributed by atoms with Crippen LogP contribution in [0.4, 0.5) is 11.7 Å². The van der Waals surface area contributed by atoms with E-state index in [4.69, 9.17) is 9.52 Å². The van der Waals surface area contributed by atoms with Gasteiger partial charge >= 0.3 is 0 Å². The van der Waals surface area contributed by atoms with Crippen molar-refractivity contribution >= 4 is 39.7 Å². The van der Waals surface area contributed by atoms with Gasteiger partial charge in [0, 0.05) is 47.2 Å². The predicted molar refractivity (Wildman–Crippen MR) is 142 cm³/mol. The van der Waals surface area contributed by atoms with Gasteiger partial charge in [0.25, 0.3) is 11.9 Å². The van der Waals surface area contributed by atoms with E-state index in [0.29, 0.717) is 35.0 Å². The van der Waals surface area contributed by atoms with Crippen LogP contribution in [0.25, 0.3) is 44.5 Å². The fraction of sp³-hybridized carbons (Fsp3) is 0.0714. The van der Waals surface area contributed by atoms with Gasteiger partial charge < -0.3 is 25.1 Å². The molecule has 0 fully saturated rings. The largest absolute Gasteiger partial charge is 0.423 e. The zero-order valence-corrected chi connectivity index (χ0v) is 19.6. The molecule has 0 aliphatic rings. The van der Waals surface area contributed by atoms with Crippen LogP contribution in [0.3, 0.4) is 0 Å². The molecule has 2 aromatic carbocycles. The highest BCUT2D eigenvalue weighted by Crippen LogP contribution is 2.33. The number of hydrogen-bond donors (Lipinski definition) is 4. The maximum atomic E-state index is 13.2. The van der Waals surface area contributed by atoms with Gasteiger partial charge in [0.1, 0.15) is 16.9 Å². The highest BCUT2D eigenvalue weighted by molar-refractivity contribution is 6.05. The minimum Gasteiger partial charge on any atom is -0.423 e. The molecule has 0 saturated heterocycles. The molecule has 4 aromatic heterocycles. The van der Waals surface area contributed by atoms with Crippen molar-refractivity contribution in [2.45, 2.75) is 0 Å². The summed E-state index contributed by atoms with van der Waals surface area (Å²) in [4.78, 5) is 29.8. The number of nitrogens with zero attached hydrogens (tertiary/aromatic N) is 3. The Labute approximate surface area is 211 Å². The number of H-pyrrole nitrogens is 1. The van der Waals surface area contributed by atoms with E-state index in [9.17, 15) is 4.79 Å². The van der Waals surface area contributed by atoms with Gasteiger partial charge in [-0.1, -0.05) is 36.4 Å². The number of aliphatic hydroxyl groups is 1. The Bertz CT molecular complexity index is 1720. The maximum absolute atomic E-state index is 13.2. The van der Waals surface area contributed by atoms with E-state index in [1.165, 1.54) is 0 Å². The van der Waals surface area contributed by atoms with Crippen molar-refractivity contribution in [3.8, 4) is 22.4 Å². The van der Waals surface area contributed by atoms with E-state index < -0.39 is 0 Å². The van der Waals surface area contributed by atoms with Crippen molar-refractivity contribution in [2.24, 2.45) is 0 Å². The van der Waals surface area contributed by atoms with Crippen molar-refractivity contribution < 1.29 is 14.3 Å². The smallest absolute Gasteiger partial charge is 0.295 e. The number of carbonyl (C=O) groups excluding carboxylic acids is 1. The van der Waals surface area contributed by atoms with E-state index in [1.54, 1.807) is 24.4 Å². The topological polar surface area (TPSA) is 129 Å². The third-order valence-electron chi connectivity index (χ3n) is 5.90. The number of hydrogen-bond acceptors (Lipinski definition) is 7. The van der Waals surface area contributed by atoms with Crippen molar-refractivity contribution in [1.29, 1.82) is 0 Å². The van der Waals surface area contributed by atoms with Gasteiger partial charge in [-0.05, 0) is 35.9 Å². The lowest BCUT2D eigenvalue weighted by Gasteiger charge is -2.09. The lowest BCUT2D eigenvalue weighted by Crippen LogP contribution is -2.14. The van der Waals surface area contributed by atoms with E-state index in [0.717, 1.165) is 27.7 Å². The number of fused-ring (bicyclic) bond motifs is 2. The van der Waals surface area contributed by atoms with E-state index in [1.807, 2.05) is 60.8 Å². The molecule has 1 amide bonds. The Morgan fingerprint density at radius 1 is 0.973 bits per heavy atom. The lowest BCUT2D eigenvalue weighted by atomic mass is 10.0. The number of pyridine rings is 2. The third kappa shape index (κ3) is 4.51. The summed E-state index contributed by atoms with van der Waals surface area (Å²) in [6.07, 6.45) is 3.56. The molecule has 6 aromatic rings. The second kappa shape index (κ2) is 9.56. The number of carbonyl (C=O) groups is 1. The van der Waals surface area contributed by atoms with Crippen molar-refractivity contribution in [1.82, 2.24) is 19.9 Å². The molecule has 0 saturated carbocycles. The quantitative estimate of drug-likeness (QED) is 0.245. The standard InChI is InChI=1S/C28H22N6O3/c35-12-11-30-28-34-25-21(17-5-2-1-3-6-17)14-20(15-24(25)37-28)32-27(36)23-8-4-7-22(33-23)19-13-18-9-10-29-26(18)31-16-19/h1-10,13-16,35H,11-12H2,(H,29,31)(H,30,34)(H,32,36). The SMILES string of the molecule is O=C(Nc1cc(-c2ccccc2)c2nc(NCCO)oc2c1)c1cccc(-c2cnc3[nH]ccc3c2)n1. The van der Waals surface area contributed by atoms with Crippen LogP contribution in [0.5, 0.6) is 0 Å². The van der Waals surface area contributed by atoms with Crippen LogP contribution in [0.1, 0.15) is 10.5 Å². The zero-order valence-electron chi connectivity index (χ0n) is 19.6. The molecule has 9 heteroatoms. The molecular formula is C28H22N6O3. The number of anilines is 2. The molecule has 0 unspecified atom stereocenters. The molecule has 182 valence electrons. The van der Waals surface area contributed by atoms with Gasteiger partial charge in [0.2, 0.25) is 0 Å². The van der Waals surface area contributed by atoms with Crippen molar-refractivity contribution in [2.75, 3.05) is 23.8 Å². The normalized spacial score (nSPS) is 11.2. The average Bonchev–Trinajstić information content (AvgIpc) is 3.58. The summed E-state index contributed by atoms with van der Waals surface area (Å²) in [6, 6.07) is 22.9. The summed E-state index contributed by atoms with van der Waals surface area (Å²) in [6.45, 7) is 0.262. The number of aliphatic hydroxyl groups excluding tert-OH is 1. The average molecular weight is 491 g/mol. The fourth-order valence-corrected chi connectivity index (χ4v) is 4.17. The number of aromatic amines is 1. The maximum Gasteiger partial charge on any atom is 0.295 e. The van der Waals surface area contributed by atoms with Gasteiger partial charge in [0.05, 0.1) is 12.3 Å². The second-order valence-electron chi connectivity index (χ2n) is 8.41. The Morgan fingerprint density at radius 3 is 2.73 bits per heavy atom. The summed E-state index contributed by atoms with van der Waals surface area (Å²) in [5.74, 6) is -0.353. The van der Waals surface area contributed by atoms with Crippen LogP contribution >= 0.6 is 0 Å². The summed E-state index contributed by atoms with van der Waals surface area (Å²) in [5, 5.41) is 16.0. The molecule has 0 radical (unpaired) electrons. The van der Waals surface area contributed by atoms with Gasteiger partial charge in [-0.25, -0.2) is 9.97 Å². The van der Waals surface area contributed by atoms with Crippen LogP contribution in [-0.2, 0) is 0 Å². The molecule has 37 heavy (non-hydrogen) atoms. The number of oxazole rings is 1. The van der Waals surface area contributed by atoms with Crippen LogP contribution in [0.2, 0.25) is 0 Å². The first-order valence-electron chi connectivity index (χ1n) is 11.7. The van der Waals surface area contributed by atoms with E-state index in [2.05, 4.69) is 30.6 Å². The van der Waals surface area contributed by atoms with E-state index in [-0.39, 0.29) is 18.2 Å². The molecule has 4 N–H and O–H groups in total. The number of amides is 1. The van der Waals surface area contributed by atoms with Crippen LogP contribution in [-0.4, -0.2) is 44.1 Å². The molecule has 0 spiro atoms. The molecule has 0 bridgehead atoms. The Kier molecular flexibility index (Phi) is 5.80. The zero-order chi connectivity index (χ0) is 25.2. The Balaban J connectivity index is 1.33. The number of rotatable bonds is 7. The third-order valence-corrected chi connectivity index (χ3v) is 5.90. The minimum atomic E-state index is -0.353. The molecule has 0 aliphatic heterocycles. The molecule has 9 nitrogen and oxygen atoms in total. The van der Waals surface area contributed by atoms with Crippen LogP contribution in [0, 0.1) is 0 Å². The lowest BCUT2D eigenvalue weighted by molar-refractivity contribution is 0.102. The first-order chi connectivity index (χ1) is 18.2. The van der Waals surface area contributed by atoms with Crippen molar-refractivity contribution in [3.63, 3.8) is 0 Å². The first kappa shape index (κ1) is 22.4. The molecule has 4 heterocycles. The molecular weight excluding hydrogens is 468 g/mol. The highest BCUT2D eigenvalue weighted by Gasteiger charge is 2.16. The van der Waals surface area contributed by atoms with Crippen LogP contribution in [0.15, 0.2) is 89.6 Å². The summed E-state index contributed by atoms with van der Waals surface area (Å²) in [5.41, 5.74) is 5.98. The molecule has 0 atom stereocenters. The van der Waals surface area contributed by atoms with Gasteiger partial charge in [-0.15, -0.1) is 0 Å². The Morgan fingerprint density at radius 2 is 1.86 bits per heavy atom. The number of nitrogens with one attached hydrogen (secondary N) is 3. The van der Waals surface area contributed by atoms with E-state index >= 15 is 0 Å². The Hall–Kier alpha value is -5.02. The van der Waals surface area contributed by atoms with Gasteiger partial charge in [-0.2, -0.15) is 4.98 Å². The minimum absolute atomic E-state index is 0.0489. The summed E-state index contributed by atoms with van der Waals surface area (Å²) in [7, 11) is 0. The van der Waals surface area contributed by atoms with Crippen LogP contribution < -0.4 is 10.6 Å². The second-order valence-corrected chi connectivity index (χ2v) is 8.41. The highest BCUT2D eigenvalue weighted by atomic mass is 16.4. The monoisotopic (exact) mass is 490 g/mol. The number of aromatic nitrogens is 4. The van der Waals surface area contributed by atoms with Gasteiger partial charge in [-0.3, -0.25) is 4.79 Å². The fourth-order valence-electron chi connectivity index (χ4n) is 4.17. The molecule has 0 aliphatic carbocycles. The van der Waals surface area contributed by atoms with Gasteiger partial charge in [0.15, 0.2) is 5.58 Å².